The fraction of sp³-hybridized carbons (Fsp3) is 0.350. The van der Waals surface area contributed by atoms with Crippen LogP contribution in [0.15, 0.2) is 24.4 Å². The maximum absolute atomic E-state index is 13.9. The van der Waals surface area contributed by atoms with E-state index in [-0.39, 0.29) is 25.0 Å². The molecule has 34 heavy (non-hydrogen) atoms. The van der Waals surface area contributed by atoms with Gasteiger partial charge in [0, 0.05) is 36.5 Å². The molecule has 0 bridgehead atoms. The molecule has 2 aromatic heterocycles. The summed E-state index contributed by atoms with van der Waals surface area (Å²) in [7, 11) is 1.06. The normalized spacial score (nSPS) is 14.4. The Bertz CT molecular complexity index is 1270. The highest BCUT2D eigenvalue weighted by molar-refractivity contribution is 6.31. The van der Waals surface area contributed by atoms with Gasteiger partial charge in [-0.15, -0.1) is 0 Å². The smallest absolute Gasteiger partial charge is 0.368 e. The average Bonchev–Trinajstić information content (AvgIpc) is 3.04. The first kappa shape index (κ1) is 23.7. The molecule has 0 radical (unpaired) electrons. The number of halogens is 5. The number of anilines is 1. The van der Waals surface area contributed by atoms with Gasteiger partial charge in [-0.2, -0.15) is 18.3 Å². The van der Waals surface area contributed by atoms with E-state index in [1.54, 1.807) is 18.2 Å². The number of nitrogen functional groups attached to an aromatic ring is 1. The molecule has 1 fully saturated rings. The van der Waals surface area contributed by atoms with Gasteiger partial charge in [0.15, 0.2) is 11.5 Å². The number of likely N-dealkylation sites (N-methyl/N-ethyl adjacent to an activating group) is 1. The molecule has 0 saturated carbocycles. The van der Waals surface area contributed by atoms with Gasteiger partial charge in [0.25, 0.3) is 5.91 Å². The SMILES string of the molecule is CN(CC(F)(F)F)C(=O)Cn1nc(C2CN(C(=O)c3nc(N)ncc3F)C2)c2cc(Cl)ccc21. The first-order valence-corrected chi connectivity index (χ1v) is 10.3. The topological polar surface area (TPSA) is 110 Å². The zero-order valence-electron chi connectivity index (χ0n) is 17.7. The third-order valence-electron chi connectivity index (χ3n) is 5.39. The van der Waals surface area contributed by atoms with Gasteiger partial charge < -0.3 is 15.5 Å². The number of nitrogens with two attached hydrogens (primary N) is 1. The van der Waals surface area contributed by atoms with Gasteiger partial charge in [0.05, 0.1) is 17.4 Å². The monoisotopic (exact) mass is 499 g/mol. The Morgan fingerprint density at radius 2 is 2.00 bits per heavy atom. The fourth-order valence-electron chi connectivity index (χ4n) is 3.70. The summed E-state index contributed by atoms with van der Waals surface area (Å²) >= 11 is 6.12. The number of nitrogens with zero attached hydrogens (tertiary/aromatic N) is 6. The maximum Gasteiger partial charge on any atom is 0.406 e. The van der Waals surface area contributed by atoms with Crippen molar-refractivity contribution in [2.24, 2.45) is 0 Å². The summed E-state index contributed by atoms with van der Waals surface area (Å²) in [5.41, 5.74) is 6.03. The van der Waals surface area contributed by atoms with Crippen molar-refractivity contribution in [1.82, 2.24) is 29.5 Å². The molecule has 0 atom stereocenters. The van der Waals surface area contributed by atoms with Gasteiger partial charge in [0.1, 0.15) is 13.1 Å². The predicted octanol–water partition coefficient (Wildman–Crippen LogP) is 2.46. The lowest BCUT2D eigenvalue weighted by molar-refractivity contribution is -0.158. The van der Waals surface area contributed by atoms with Crippen LogP contribution in [-0.2, 0) is 11.3 Å². The number of amides is 2. The molecule has 180 valence electrons. The lowest BCUT2D eigenvalue weighted by Gasteiger charge is -2.38. The van der Waals surface area contributed by atoms with Gasteiger partial charge in [-0.25, -0.2) is 14.4 Å². The minimum atomic E-state index is -4.52. The quantitative estimate of drug-likeness (QED) is 0.540. The second-order valence-electron chi connectivity index (χ2n) is 7.90. The molecule has 0 spiro atoms. The summed E-state index contributed by atoms with van der Waals surface area (Å²) in [5.74, 6) is -2.83. The highest BCUT2D eigenvalue weighted by atomic mass is 35.5. The minimum Gasteiger partial charge on any atom is -0.368 e. The number of hydrogen-bond acceptors (Lipinski definition) is 6. The van der Waals surface area contributed by atoms with E-state index < -0.39 is 42.6 Å². The largest absolute Gasteiger partial charge is 0.406 e. The Hall–Kier alpha value is -3.48. The fourth-order valence-corrected chi connectivity index (χ4v) is 3.87. The third kappa shape index (κ3) is 4.74. The molecule has 2 amide bonds. The van der Waals surface area contributed by atoms with Gasteiger partial charge in [0.2, 0.25) is 11.9 Å². The second-order valence-corrected chi connectivity index (χ2v) is 8.34. The third-order valence-corrected chi connectivity index (χ3v) is 5.62. The molecule has 3 aromatic rings. The van der Waals surface area contributed by atoms with E-state index in [2.05, 4.69) is 15.1 Å². The van der Waals surface area contributed by atoms with Crippen molar-refractivity contribution in [1.29, 1.82) is 0 Å². The van der Waals surface area contributed by atoms with E-state index in [0.717, 1.165) is 13.2 Å². The lowest BCUT2D eigenvalue weighted by atomic mass is 9.93. The molecule has 3 heterocycles. The summed E-state index contributed by atoms with van der Waals surface area (Å²) < 4.78 is 53.2. The number of fused-ring (bicyclic) bond motifs is 1. The van der Waals surface area contributed by atoms with Crippen LogP contribution in [0.3, 0.4) is 0 Å². The van der Waals surface area contributed by atoms with Crippen LogP contribution < -0.4 is 5.73 Å². The molecule has 0 unspecified atom stereocenters. The molecule has 0 aliphatic carbocycles. The number of carbonyl (C=O) groups excluding carboxylic acids is 2. The van der Waals surface area contributed by atoms with E-state index in [1.165, 1.54) is 9.58 Å². The predicted molar refractivity (Wildman–Crippen MR) is 113 cm³/mol. The van der Waals surface area contributed by atoms with E-state index in [9.17, 15) is 27.2 Å². The summed E-state index contributed by atoms with van der Waals surface area (Å²) in [4.78, 5) is 34.0. The average molecular weight is 500 g/mol. The van der Waals surface area contributed by atoms with Crippen LogP contribution in [0, 0.1) is 5.82 Å². The summed E-state index contributed by atoms with van der Waals surface area (Å²) in [6, 6.07) is 4.83. The van der Waals surface area contributed by atoms with Crippen molar-refractivity contribution in [2.45, 2.75) is 18.6 Å². The highest BCUT2D eigenvalue weighted by Gasteiger charge is 2.37. The first-order chi connectivity index (χ1) is 15.9. The van der Waals surface area contributed by atoms with Crippen LogP contribution in [0.2, 0.25) is 5.02 Å². The molecule has 1 aliphatic heterocycles. The minimum absolute atomic E-state index is 0.183. The van der Waals surface area contributed by atoms with Crippen molar-refractivity contribution in [3.05, 3.63) is 46.6 Å². The van der Waals surface area contributed by atoms with Crippen molar-refractivity contribution >= 4 is 40.3 Å². The van der Waals surface area contributed by atoms with Crippen molar-refractivity contribution in [3.8, 4) is 0 Å². The van der Waals surface area contributed by atoms with Crippen LogP contribution in [0.1, 0.15) is 22.1 Å². The Balaban J connectivity index is 1.55. The number of aromatic nitrogens is 4. The van der Waals surface area contributed by atoms with Gasteiger partial charge in [-0.1, -0.05) is 11.6 Å². The Morgan fingerprint density at radius 3 is 2.68 bits per heavy atom. The summed E-state index contributed by atoms with van der Waals surface area (Å²) in [5, 5.41) is 5.45. The van der Waals surface area contributed by atoms with Crippen LogP contribution in [0.25, 0.3) is 10.9 Å². The van der Waals surface area contributed by atoms with Gasteiger partial charge in [-0.05, 0) is 18.2 Å². The molecule has 14 heteroatoms. The maximum atomic E-state index is 13.9. The number of hydrogen-bond donors (Lipinski definition) is 1. The molecule has 1 aromatic carbocycles. The van der Waals surface area contributed by atoms with E-state index in [1.807, 2.05) is 0 Å². The summed E-state index contributed by atoms with van der Waals surface area (Å²) in [6.07, 6.45) is -3.71. The molecule has 1 aliphatic rings. The molecule has 9 nitrogen and oxygen atoms in total. The number of rotatable bonds is 5. The van der Waals surface area contributed by atoms with E-state index >= 15 is 0 Å². The van der Waals surface area contributed by atoms with Gasteiger partial charge in [-0.3, -0.25) is 14.3 Å². The Morgan fingerprint density at radius 1 is 1.29 bits per heavy atom. The van der Waals surface area contributed by atoms with Crippen LogP contribution in [0.5, 0.6) is 0 Å². The summed E-state index contributed by atoms with van der Waals surface area (Å²) in [6.45, 7) is -1.43. The molecular weight excluding hydrogens is 482 g/mol. The van der Waals surface area contributed by atoms with Gasteiger partial charge >= 0.3 is 6.18 Å². The first-order valence-electron chi connectivity index (χ1n) is 9.97. The van der Waals surface area contributed by atoms with Crippen LogP contribution >= 0.6 is 11.6 Å². The van der Waals surface area contributed by atoms with Crippen LogP contribution in [0.4, 0.5) is 23.5 Å². The number of alkyl halides is 3. The van der Waals surface area contributed by atoms with E-state index in [0.29, 0.717) is 26.5 Å². The van der Waals surface area contributed by atoms with Crippen molar-refractivity contribution in [2.75, 3.05) is 32.4 Å². The lowest BCUT2D eigenvalue weighted by Crippen LogP contribution is -2.49. The highest BCUT2D eigenvalue weighted by Crippen LogP contribution is 2.34. The number of carbonyl (C=O) groups is 2. The Labute approximate surface area is 195 Å². The van der Waals surface area contributed by atoms with Crippen molar-refractivity contribution in [3.63, 3.8) is 0 Å². The zero-order valence-corrected chi connectivity index (χ0v) is 18.4. The van der Waals surface area contributed by atoms with Crippen molar-refractivity contribution < 1.29 is 27.2 Å². The molecule has 2 N–H and O–H groups in total. The Kier molecular flexibility index (Phi) is 6.06. The standard InChI is InChI=1S/C20H18ClF4N7O2/c1-30(9-20(23,24)25)15(33)8-32-14-3-2-11(21)4-12(14)16(29-32)10-6-31(7-10)18(34)17-13(22)5-27-19(26)28-17/h2-5,10H,6-9H2,1H3,(H2,26,27,28). The number of benzene rings is 1. The molecule has 1 saturated heterocycles. The van der Waals surface area contributed by atoms with E-state index in [4.69, 9.17) is 17.3 Å². The van der Waals surface area contributed by atoms with Crippen LogP contribution in [-0.4, -0.2) is 74.2 Å². The zero-order chi connectivity index (χ0) is 24.8. The second kappa shape index (κ2) is 8.70. The molecular formula is C20H18ClF4N7O2. The molecule has 4 rings (SSSR count). The number of likely N-dealkylation sites (tertiary alicyclic amines) is 1.